The fraction of sp³-hybridized carbons (Fsp3) is 0.345. The largest absolute Gasteiger partial charge is 0.508 e. The lowest BCUT2D eigenvalue weighted by atomic mass is 9.57. The van der Waals surface area contributed by atoms with E-state index in [-0.39, 0.29) is 48.4 Å². The molecule has 1 amide bonds. The van der Waals surface area contributed by atoms with E-state index >= 15 is 0 Å². The molecule has 0 bridgehead atoms. The number of fused-ring (bicyclic) bond motifs is 3. The SMILES string of the molecule is CN(C)[C@@H]1C(=O)C(C(N)=O)=C(O)[C@@]2(O)C(=O)C3=C(O)c4c(O)ccc(CCC(=O)c5ccccn5)c4C[C@H]3C[C@@H]12. The van der Waals surface area contributed by atoms with Crippen LogP contribution in [0.1, 0.15) is 40.0 Å². The third-order valence-electron chi connectivity index (χ3n) is 8.27. The third kappa shape index (κ3) is 3.92. The molecule has 1 aromatic carbocycles. The Kier molecular flexibility index (Phi) is 6.59. The molecule has 1 fully saturated rings. The number of carbonyl (C=O) groups is 4. The number of carbonyl (C=O) groups excluding carboxylic acids is 4. The second-order valence-electron chi connectivity index (χ2n) is 10.7. The first-order valence-electron chi connectivity index (χ1n) is 12.8. The highest BCUT2D eigenvalue weighted by Crippen LogP contribution is 2.53. The molecule has 6 N–H and O–H groups in total. The number of ketones is 3. The Morgan fingerprint density at radius 2 is 1.85 bits per heavy atom. The van der Waals surface area contributed by atoms with Gasteiger partial charge in [0, 0.05) is 24.1 Å². The van der Waals surface area contributed by atoms with Gasteiger partial charge in [-0.05, 0) is 68.6 Å². The van der Waals surface area contributed by atoms with Gasteiger partial charge in [-0.15, -0.1) is 0 Å². The van der Waals surface area contributed by atoms with Crippen molar-refractivity contribution in [3.05, 3.63) is 75.8 Å². The Balaban J connectivity index is 1.59. The lowest BCUT2D eigenvalue weighted by Crippen LogP contribution is -2.65. The molecule has 0 saturated heterocycles. The zero-order chi connectivity index (χ0) is 29.1. The molecule has 3 aliphatic rings. The molecule has 0 aliphatic heterocycles. The maximum Gasteiger partial charge on any atom is 0.255 e. The molecule has 0 spiro atoms. The smallest absolute Gasteiger partial charge is 0.255 e. The highest BCUT2D eigenvalue weighted by molar-refractivity contribution is 6.24. The second kappa shape index (κ2) is 9.68. The summed E-state index contributed by atoms with van der Waals surface area (Å²) < 4.78 is 0. The minimum Gasteiger partial charge on any atom is -0.508 e. The number of nitrogens with two attached hydrogens (primary N) is 1. The van der Waals surface area contributed by atoms with Crippen LogP contribution >= 0.6 is 0 Å². The van der Waals surface area contributed by atoms with Gasteiger partial charge < -0.3 is 26.2 Å². The van der Waals surface area contributed by atoms with Crippen LogP contribution in [0.5, 0.6) is 5.75 Å². The topological polar surface area (TPSA) is 191 Å². The fourth-order valence-electron chi connectivity index (χ4n) is 6.45. The number of hydrogen-bond acceptors (Lipinski definition) is 10. The number of aromatic hydroxyl groups is 1. The lowest BCUT2D eigenvalue weighted by Gasteiger charge is -2.50. The molecule has 3 aliphatic carbocycles. The van der Waals surface area contributed by atoms with Crippen LogP contribution in [0.3, 0.4) is 0 Å². The van der Waals surface area contributed by atoms with Crippen molar-refractivity contribution in [2.75, 3.05) is 14.1 Å². The summed E-state index contributed by atoms with van der Waals surface area (Å²) in [6, 6.07) is 6.88. The predicted molar refractivity (Wildman–Crippen MR) is 141 cm³/mol. The summed E-state index contributed by atoms with van der Waals surface area (Å²) >= 11 is 0. The second-order valence-corrected chi connectivity index (χ2v) is 10.7. The highest BCUT2D eigenvalue weighted by Gasteiger charge is 2.64. The van der Waals surface area contributed by atoms with Crippen molar-refractivity contribution in [1.29, 1.82) is 0 Å². The first-order valence-corrected chi connectivity index (χ1v) is 12.8. The van der Waals surface area contributed by atoms with E-state index in [4.69, 9.17) is 5.73 Å². The number of amides is 1. The number of primary amides is 1. The van der Waals surface area contributed by atoms with Gasteiger partial charge in [0.1, 0.15) is 28.5 Å². The fourth-order valence-corrected chi connectivity index (χ4v) is 6.45. The quantitative estimate of drug-likeness (QED) is 0.259. The van der Waals surface area contributed by atoms with Crippen molar-refractivity contribution < 1.29 is 39.6 Å². The molecule has 1 saturated carbocycles. The van der Waals surface area contributed by atoms with Crippen LogP contribution < -0.4 is 5.73 Å². The van der Waals surface area contributed by atoms with Crippen molar-refractivity contribution in [1.82, 2.24) is 9.88 Å². The molecule has 4 atom stereocenters. The zero-order valence-electron chi connectivity index (χ0n) is 21.9. The number of likely N-dealkylation sites (N-methyl/N-ethyl adjacent to an activating group) is 1. The maximum atomic E-state index is 13.9. The predicted octanol–water partition coefficient (Wildman–Crippen LogP) is 1.17. The average molecular weight is 548 g/mol. The first-order chi connectivity index (χ1) is 18.9. The number of nitrogens with zero attached hydrogens (tertiary/aromatic N) is 2. The normalized spacial score (nSPS) is 25.9. The molecular formula is C29H29N3O8. The van der Waals surface area contributed by atoms with Crippen LogP contribution in [0.4, 0.5) is 0 Å². The number of rotatable bonds is 6. The Morgan fingerprint density at radius 1 is 1.12 bits per heavy atom. The monoisotopic (exact) mass is 547 g/mol. The number of phenols is 1. The Labute approximate surface area is 229 Å². The number of phenolic OH excluding ortho intramolecular Hbond substituents is 1. The van der Waals surface area contributed by atoms with E-state index < -0.39 is 58.0 Å². The van der Waals surface area contributed by atoms with Gasteiger partial charge in [0.25, 0.3) is 5.91 Å². The molecule has 11 heteroatoms. The van der Waals surface area contributed by atoms with E-state index in [1.807, 2.05) is 0 Å². The number of pyridine rings is 1. The van der Waals surface area contributed by atoms with Crippen LogP contribution in [0, 0.1) is 11.8 Å². The van der Waals surface area contributed by atoms with Gasteiger partial charge in [-0.2, -0.15) is 0 Å². The number of hydrogen-bond donors (Lipinski definition) is 5. The van der Waals surface area contributed by atoms with Gasteiger partial charge >= 0.3 is 0 Å². The highest BCUT2D eigenvalue weighted by atomic mass is 16.3. The molecule has 11 nitrogen and oxygen atoms in total. The third-order valence-corrected chi connectivity index (χ3v) is 8.27. The summed E-state index contributed by atoms with van der Waals surface area (Å²) in [4.78, 5) is 57.4. The molecule has 0 unspecified atom stereocenters. The van der Waals surface area contributed by atoms with Gasteiger partial charge in [-0.1, -0.05) is 12.1 Å². The average Bonchev–Trinajstić information content (AvgIpc) is 2.90. The lowest BCUT2D eigenvalue weighted by molar-refractivity contribution is -0.153. The van der Waals surface area contributed by atoms with Gasteiger partial charge in [0.15, 0.2) is 17.2 Å². The van der Waals surface area contributed by atoms with E-state index in [2.05, 4.69) is 4.98 Å². The van der Waals surface area contributed by atoms with Crippen LogP contribution in [-0.2, 0) is 27.2 Å². The Bertz CT molecular complexity index is 1530. The summed E-state index contributed by atoms with van der Waals surface area (Å²) in [5.41, 5.74) is 3.11. The summed E-state index contributed by atoms with van der Waals surface area (Å²) in [5.74, 6) is -7.18. The number of aromatic nitrogens is 1. The number of aliphatic hydroxyl groups excluding tert-OH is 2. The maximum absolute atomic E-state index is 13.9. The molecular weight excluding hydrogens is 518 g/mol. The van der Waals surface area contributed by atoms with E-state index in [9.17, 15) is 39.6 Å². The molecule has 40 heavy (non-hydrogen) atoms. The number of benzene rings is 1. The molecule has 5 rings (SSSR count). The molecule has 2 aromatic rings. The zero-order valence-corrected chi connectivity index (χ0v) is 21.9. The van der Waals surface area contributed by atoms with Crippen molar-refractivity contribution in [2.24, 2.45) is 17.6 Å². The summed E-state index contributed by atoms with van der Waals surface area (Å²) in [6.07, 6.45) is 2.07. The van der Waals surface area contributed by atoms with Gasteiger partial charge in [-0.3, -0.25) is 29.1 Å². The Morgan fingerprint density at radius 3 is 2.48 bits per heavy atom. The van der Waals surface area contributed by atoms with Crippen LogP contribution in [-0.4, -0.2) is 79.3 Å². The van der Waals surface area contributed by atoms with Crippen molar-refractivity contribution in [2.45, 2.75) is 37.3 Å². The van der Waals surface area contributed by atoms with Crippen LogP contribution in [0.15, 0.2) is 53.4 Å². The number of aliphatic hydroxyl groups is 3. The van der Waals surface area contributed by atoms with E-state index in [0.717, 1.165) is 0 Å². The molecule has 0 radical (unpaired) electrons. The minimum atomic E-state index is -2.69. The Hall–Kier alpha value is -4.35. The molecule has 1 aromatic heterocycles. The summed E-state index contributed by atoms with van der Waals surface area (Å²) in [6.45, 7) is 0. The van der Waals surface area contributed by atoms with Gasteiger partial charge in [0.2, 0.25) is 5.78 Å². The van der Waals surface area contributed by atoms with Gasteiger partial charge in [-0.25, -0.2) is 0 Å². The van der Waals surface area contributed by atoms with Crippen molar-refractivity contribution in [3.8, 4) is 5.75 Å². The number of aryl methyl sites for hydroxylation is 1. The minimum absolute atomic E-state index is 0.000857. The summed E-state index contributed by atoms with van der Waals surface area (Å²) in [7, 11) is 3.09. The van der Waals surface area contributed by atoms with Crippen LogP contribution in [0.2, 0.25) is 0 Å². The molecule has 1 heterocycles. The van der Waals surface area contributed by atoms with Gasteiger partial charge in [0.05, 0.1) is 11.6 Å². The number of Topliss-reactive ketones (excluding diaryl/α,β-unsaturated/α-hetero) is 3. The van der Waals surface area contributed by atoms with Crippen molar-refractivity contribution >= 4 is 29.0 Å². The van der Waals surface area contributed by atoms with E-state index in [1.165, 1.54) is 17.2 Å². The van der Waals surface area contributed by atoms with Crippen molar-refractivity contribution in [3.63, 3.8) is 0 Å². The first kappa shape index (κ1) is 27.2. The van der Waals surface area contributed by atoms with E-state index in [0.29, 0.717) is 16.8 Å². The summed E-state index contributed by atoms with van der Waals surface area (Å²) in [5, 5.41) is 44.6. The van der Waals surface area contributed by atoms with Crippen LogP contribution in [0.25, 0.3) is 5.76 Å². The molecule has 208 valence electrons. The van der Waals surface area contributed by atoms with E-state index in [1.54, 1.807) is 38.4 Å². The standard InChI is InChI=1S/C29H29N3O8/c1-32(2)23-16-12-14-11-15-13(6-8-18(33)17-5-3-4-10-31-17)7-9-19(34)21(15)24(35)20(14)26(37)29(16,40)27(38)22(25(23)36)28(30)39/h3-5,7,9-10,14,16,23,34-35,38,40H,6,8,11-12H2,1-2H3,(H2,30,39)/t14-,16-,23-,29-/m0/s1.